The van der Waals surface area contributed by atoms with Crippen LogP contribution in [-0.2, 0) is 16.1 Å². The standard InChI is InChI=1S/C23H37N3O5/c1-19(28)24-21-6-9-25(10-7-21)17-23(29)8-11-26(18-23)16-20-2-4-22(5-3-20)31-15-14-30-13-12-27/h2-5,21,27,29H,6-18H2,1H3,(H,24,28)/t23-/m0/s1. The Kier molecular flexibility index (Phi) is 9.10. The zero-order valence-electron chi connectivity index (χ0n) is 18.6. The van der Waals surface area contributed by atoms with E-state index in [0.29, 0.717) is 32.9 Å². The molecule has 0 radical (unpaired) electrons. The molecule has 2 heterocycles. The van der Waals surface area contributed by atoms with Gasteiger partial charge in [0.15, 0.2) is 0 Å². The van der Waals surface area contributed by atoms with Crippen LogP contribution in [0.1, 0.15) is 31.7 Å². The van der Waals surface area contributed by atoms with E-state index >= 15 is 0 Å². The molecule has 8 nitrogen and oxygen atoms in total. The Morgan fingerprint density at radius 3 is 2.55 bits per heavy atom. The lowest BCUT2D eigenvalue weighted by atomic mass is 9.99. The van der Waals surface area contributed by atoms with Crippen molar-refractivity contribution in [3.05, 3.63) is 29.8 Å². The number of rotatable bonds is 11. The van der Waals surface area contributed by atoms with Crippen LogP contribution in [0.5, 0.6) is 5.75 Å². The number of piperidine rings is 1. The fraction of sp³-hybridized carbons (Fsp3) is 0.696. The second kappa shape index (κ2) is 11.8. The summed E-state index contributed by atoms with van der Waals surface area (Å²) in [6.07, 6.45) is 2.68. The lowest BCUT2D eigenvalue weighted by Gasteiger charge is -2.36. The molecule has 0 bridgehead atoms. The Morgan fingerprint density at radius 1 is 1.13 bits per heavy atom. The van der Waals surface area contributed by atoms with Crippen molar-refractivity contribution in [2.45, 2.75) is 44.4 Å². The highest BCUT2D eigenvalue weighted by molar-refractivity contribution is 5.73. The van der Waals surface area contributed by atoms with E-state index in [1.54, 1.807) is 6.92 Å². The quantitative estimate of drug-likeness (QED) is 0.439. The van der Waals surface area contributed by atoms with Crippen molar-refractivity contribution in [1.29, 1.82) is 0 Å². The molecule has 31 heavy (non-hydrogen) atoms. The Morgan fingerprint density at radius 2 is 1.87 bits per heavy atom. The van der Waals surface area contributed by atoms with Crippen molar-refractivity contribution < 1.29 is 24.5 Å². The van der Waals surface area contributed by atoms with E-state index in [0.717, 1.165) is 51.2 Å². The number of aliphatic hydroxyl groups is 2. The molecule has 0 spiro atoms. The predicted molar refractivity (Wildman–Crippen MR) is 118 cm³/mol. The molecular formula is C23H37N3O5. The van der Waals surface area contributed by atoms with E-state index in [2.05, 4.69) is 27.2 Å². The van der Waals surface area contributed by atoms with Crippen LogP contribution in [-0.4, -0.2) is 96.7 Å². The van der Waals surface area contributed by atoms with Gasteiger partial charge in [-0.25, -0.2) is 0 Å². The van der Waals surface area contributed by atoms with Crippen LogP contribution >= 0.6 is 0 Å². The molecule has 0 aromatic heterocycles. The Bertz CT molecular complexity index is 678. The zero-order valence-corrected chi connectivity index (χ0v) is 18.6. The molecule has 2 fully saturated rings. The molecule has 1 amide bonds. The molecule has 0 unspecified atom stereocenters. The van der Waals surface area contributed by atoms with Gasteiger partial charge in [0, 0.05) is 52.2 Å². The van der Waals surface area contributed by atoms with Gasteiger partial charge in [0.25, 0.3) is 0 Å². The van der Waals surface area contributed by atoms with Crippen LogP contribution in [0.4, 0.5) is 0 Å². The van der Waals surface area contributed by atoms with Gasteiger partial charge in [-0.3, -0.25) is 9.69 Å². The molecule has 2 aliphatic rings. The highest BCUT2D eigenvalue weighted by Crippen LogP contribution is 2.26. The topological polar surface area (TPSA) is 94.5 Å². The van der Waals surface area contributed by atoms with E-state index in [4.69, 9.17) is 14.6 Å². The minimum atomic E-state index is -0.668. The molecule has 3 N–H and O–H groups in total. The van der Waals surface area contributed by atoms with Crippen LogP contribution < -0.4 is 10.1 Å². The zero-order chi connectivity index (χ0) is 22.1. The van der Waals surface area contributed by atoms with E-state index < -0.39 is 5.60 Å². The first kappa shape index (κ1) is 23.9. The minimum Gasteiger partial charge on any atom is -0.491 e. The fourth-order valence-corrected chi connectivity index (χ4v) is 4.48. The molecule has 1 aromatic carbocycles. The van der Waals surface area contributed by atoms with Crippen LogP contribution in [0.2, 0.25) is 0 Å². The van der Waals surface area contributed by atoms with Crippen molar-refractivity contribution in [3.8, 4) is 5.75 Å². The third-order valence-corrected chi connectivity index (χ3v) is 5.99. The van der Waals surface area contributed by atoms with Crippen molar-refractivity contribution in [3.63, 3.8) is 0 Å². The van der Waals surface area contributed by atoms with Gasteiger partial charge in [-0.2, -0.15) is 0 Å². The fourth-order valence-electron chi connectivity index (χ4n) is 4.48. The summed E-state index contributed by atoms with van der Waals surface area (Å²) in [5.74, 6) is 0.840. The molecule has 0 saturated carbocycles. The smallest absolute Gasteiger partial charge is 0.217 e. The lowest BCUT2D eigenvalue weighted by molar-refractivity contribution is -0.120. The largest absolute Gasteiger partial charge is 0.491 e. The molecule has 174 valence electrons. The summed E-state index contributed by atoms with van der Waals surface area (Å²) in [6, 6.07) is 8.32. The SMILES string of the molecule is CC(=O)NC1CCN(C[C@@]2(O)CCN(Cc3ccc(OCCOCCO)cc3)C2)CC1. The molecular weight excluding hydrogens is 398 g/mol. The number of hydrogen-bond acceptors (Lipinski definition) is 7. The number of amides is 1. The van der Waals surface area contributed by atoms with Crippen molar-refractivity contribution in [2.75, 3.05) is 59.2 Å². The summed E-state index contributed by atoms with van der Waals surface area (Å²) < 4.78 is 10.8. The second-order valence-corrected chi connectivity index (χ2v) is 8.76. The molecule has 8 heteroatoms. The number of hydrogen-bond donors (Lipinski definition) is 3. The molecule has 2 aliphatic heterocycles. The van der Waals surface area contributed by atoms with E-state index in [-0.39, 0.29) is 18.6 Å². The Hall–Kier alpha value is -1.71. The maximum absolute atomic E-state index is 11.2. The normalized spacial score (nSPS) is 23.2. The van der Waals surface area contributed by atoms with Gasteiger partial charge in [-0.05, 0) is 37.0 Å². The third kappa shape index (κ3) is 8.05. The number of benzene rings is 1. The summed E-state index contributed by atoms with van der Waals surface area (Å²) in [4.78, 5) is 15.9. The van der Waals surface area contributed by atoms with Gasteiger partial charge in [0.2, 0.25) is 5.91 Å². The lowest BCUT2D eigenvalue weighted by Crippen LogP contribution is -2.50. The first-order chi connectivity index (χ1) is 15.0. The molecule has 2 saturated heterocycles. The van der Waals surface area contributed by atoms with Crippen molar-refractivity contribution >= 4 is 5.91 Å². The number of carbonyl (C=O) groups excluding carboxylic acids is 1. The summed E-state index contributed by atoms with van der Waals surface area (Å²) in [5, 5.41) is 22.8. The van der Waals surface area contributed by atoms with Gasteiger partial charge in [0.05, 0.1) is 25.4 Å². The van der Waals surface area contributed by atoms with Crippen LogP contribution in [0, 0.1) is 0 Å². The minimum absolute atomic E-state index is 0.0252. The summed E-state index contributed by atoms with van der Waals surface area (Å²) in [6.45, 7) is 7.75. The highest BCUT2D eigenvalue weighted by atomic mass is 16.5. The molecule has 1 aromatic rings. The van der Waals surface area contributed by atoms with Gasteiger partial charge < -0.3 is 29.9 Å². The van der Waals surface area contributed by atoms with Crippen LogP contribution in [0.15, 0.2) is 24.3 Å². The highest BCUT2D eigenvalue weighted by Gasteiger charge is 2.38. The van der Waals surface area contributed by atoms with Gasteiger partial charge in [-0.15, -0.1) is 0 Å². The number of nitrogens with one attached hydrogen (secondary N) is 1. The van der Waals surface area contributed by atoms with E-state index in [1.807, 2.05) is 12.1 Å². The van der Waals surface area contributed by atoms with E-state index in [9.17, 15) is 9.90 Å². The van der Waals surface area contributed by atoms with Gasteiger partial charge >= 0.3 is 0 Å². The number of ether oxygens (including phenoxy) is 2. The number of β-amino-alcohol motifs (C(OH)–C–C–N with tert-alkyl or cyclic N) is 1. The molecule has 0 aliphatic carbocycles. The number of aliphatic hydroxyl groups excluding tert-OH is 1. The third-order valence-electron chi connectivity index (χ3n) is 5.99. The van der Waals surface area contributed by atoms with Crippen molar-refractivity contribution in [2.24, 2.45) is 0 Å². The maximum Gasteiger partial charge on any atom is 0.217 e. The Labute approximate surface area is 185 Å². The average molecular weight is 436 g/mol. The first-order valence-corrected chi connectivity index (χ1v) is 11.3. The average Bonchev–Trinajstić information content (AvgIpc) is 3.10. The number of nitrogens with zero attached hydrogens (tertiary/aromatic N) is 2. The summed E-state index contributed by atoms with van der Waals surface area (Å²) >= 11 is 0. The van der Waals surface area contributed by atoms with Crippen LogP contribution in [0.3, 0.4) is 0 Å². The number of likely N-dealkylation sites (tertiary alicyclic amines) is 2. The number of carbonyl (C=O) groups is 1. The summed E-state index contributed by atoms with van der Waals surface area (Å²) in [5.41, 5.74) is 0.530. The Balaban J connectivity index is 1.38. The molecule has 1 atom stereocenters. The van der Waals surface area contributed by atoms with Crippen molar-refractivity contribution in [1.82, 2.24) is 15.1 Å². The van der Waals surface area contributed by atoms with Gasteiger partial charge in [0.1, 0.15) is 12.4 Å². The summed E-state index contributed by atoms with van der Waals surface area (Å²) in [7, 11) is 0. The first-order valence-electron chi connectivity index (χ1n) is 11.3. The van der Waals surface area contributed by atoms with E-state index in [1.165, 1.54) is 5.56 Å². The van der Waals surface area contributed by atoms with Gasteiger partial charge in [-0.1, -0.05) is 12.1 Å². The van der Waals surface area contributed by atoms with Crippen LogP contribution in [0.25, 0.3) is 0 Å². The molecule has 3 rings (SSSR count). The maximum atomic E-state index is 11.2. The second-order valence-electron chi connectivity index (χ2n) is 8.76. The monoisotopic (exact) mass is 435 g/mol. The predicted octanol–water partition coefficient (Wildman–Crippen LogP) is 0.612.